The van der Waals surface area contributed by atoms with Crippen LogP contribution in [-0.4, -0.2) is 82.5 Å². The normalized spacial score (nSPS) is 15.9. The predicted molar refractivity (Wildman–Crippen MR) is 137 cm³/mol. The minimum absolute atomic E-state index is 0. The number of aldehydes is 1. The summed E-state index contributed by atoms with van der Waals surface area (Å²) in [7, 11) is -12.4. The summed E-state index contributed by atoms with van der Waals surface area (Å²) in [6.45, 7) is 1.61. The average molecular weight is 723 g/mol. The van der Waals surface area contributed by atoms with Gasteiger partial charge in [-0.25, -0.2) is 25.3 Å². The summed E-state index contributed by atoms with van der Waals surface area (Å²) in [5.41, 5.74) is -2.57. The third kappa shape index (κ3) is 13.5. The SMILES string of the molecule is O=CO[O-].O=Cc1ccccc1S(=O)(=O)N1CCCC1.O=S(=O)([O-])C(O)c1ccccc1S(=O)(=O)N1CCCC1.[H-].[K+].[K+].[Na+]. The van der Waals surface area contributed by atoms with Crippen LogP contribution in [-0.2, 0) is 39.8 Å². The fraction of sp³-hybridized carbons (Fsp3) is 0.391. The Morgan fingerprint density at radius 1 is 0.767 bits per heavy atom. The van der Waals surface area contributed by atoms with Crippen LogP contribution in [0.2, 0.25) is 0 Å². The van der Waals surface area contributed by atoms with E-state index < -0.39 is 41.2 Å². The van der Waals surface area contributed by atoms with Gasteiger partial charge in [-0.3, -0.25) is 9.59 Å². The van der Waals surface area contributed by atoms with E-state index in [1.807, 2.05) is 0 Å². The van der Waals surface area contributed by atoms with Gasteiger partial charge >= 0.3 is 132 Å². The van der Waals surface area contributed by atoms with Gasteiger partial charge in [0.2, 0.25) is 20.0 Å². The molecule has 14 nitrogen and oxygen atoms in total. The van der Waals surface area contributed by atoms with Gasteiger partial charge in [-0.05, 0) is 37.8 Å². The van der Waals surface area contributed by atoms with E-state index in [2.05, 4.69) is 4.89 Å². The first kappa shape index (κ1) is 46.6. The Morgan fingerprint density at radius 2 is 1.14 bits per heavy atom. The van der Waals surface area contributed by atoms with E-state index in [4.69, 9.17) is 10.1 Å². The van der Waals surface area contributed by atoms with Crippen LogP contribution in [0.5, 0.6) is 0 Å². The zero-order valence-electron chi connectivity index (χ0n) is 25.1. The molecule has 2 aliphatic rings. The Hall–Kier alpha value is 1.50. The van der Waals surface area contributed by atoms with Crippen molar-refractivity contribution in [2.24, 2.45) is 0 Å². The third-order valence-electron chi connectivity index (χ3n) is 5.91. The van der Waals surface area contributed by atoms with Crippen molar-refractivity contribution in [3.05, 3.63) is 59.7 Å². The van der Waals surface area contributed by atoms with Gasteiger partial charge in [0.1, 0.15) is 10.1 Å². The van der Waals surface area contributed by atoms with Crippen molar-refractivity contribution >= 4 is 42.9 Å². The topological polar surface area (TPSA) is 219 Å². The molecule has 0 saturated carbocycles. The van der Waals surface area contributed by atoms with Crippen molar-refractivity contribution in [1.82, 2.24) is 8.61 Å². The van der Waals surface area contributed by atoms with E-state index in [9.17, 15) is 39.7 Å². The van der Waals surface area contributed by atoms with Crippen LogP contribution >= 0.6 is 0 Å². The first-order chi connectivity index (χ1) is 18.8. The molecule has 0 spiro atoms. The first-order valence-electron chi connectivity index (χ1n) is 11.8. The molecular weight excluding hydrogens is 694 g/mol. The molecule has 2 heterocycles. The van der Waals surface area contributed by atoms with Gasteiger partial charge in [0, 0.05) is 37.3 Å². The molecule has 0 aliphatic carbocycles. The maximum absolute atomic E-state index is 12.4. The van der Waals surface area contributed by atoms with E-state index in [1.54, 1.807) is 12.1 Å². The van der Waals surface area contributed by atoms with Gasteiger partial charge < -0.3 is 21.2 Å². The second-order valence-electron chi connectivity index (χ2n) is 8.45. The number of nitrogens with zero attached hydrogens (tertiary/aromatic N) is 2. The zero-order chi connectivity index (χ0) is 30.0. The zero-order valence-corrected chi connectivity index (χ0v) is 34.8. The fourth-order valence-corrected chi connectivity index (χ4v) is 8.04. The number of hydrogen-bond acceptors (Lipinski definition) is 12. The van der Waals surface area contributed by atoms with Crippen LogP contribution in [0.4, 0.5) is 0 Å². The number of aliphatic hydroxyl groups excluding tert-OH is 1. The molecule has 1 atom stereocenters. The summed E-state index contributed by atoms with van der Waals surface area (Å²) in [5.74, 6) is 0. The molecular formula is C23H29K2N2NaO12S3. The monoisotopic (exact) mass is 722 g/mol. The molecule has 2 saturated heterocycles. The summed E-state index contributed by atoms with van der Waals surface area (Å²) in [6.07, 6.45) is 3.82. The van der Waals surface area contributed by atoms with E-state index in [1.165, 1.54) is 38.9 Å². The summed E-state index contributed by atoms with van der Waals surface area (Å²) in [4.78, 5) is 21.8. The third-order valence-corrected chi connectivity index (χ3v) is 10.7. The Morgan fingerprint density at radius 3 is 1.53 bits per heavy atom. The molecule has 0 bridgehead atoms. The Balaban J connectivity index is -0.000000638. The summed E-state index contributed by atoms with van der Waals surface area (Å²) in [5, 5.41) is 18.0. The number of carbonyl (C=O) groups is 2. The molecule has 1 N–H and O–H groups in total. The van der Waals surface area contributed by atoms with E-state index in [0.29, 0.717) is 32.5 Å². The standard InChI is InChI=1S/C11H15NO6S2.C11H13NO3S.CH2O3.2K.Na.H/c13-11(20(16,17)18)9-5-1-2-6-10(9)19(14,15)12-7-3-4-8-12;13-9-10-5-1-2-6-11(10)16(14,15)12-7-3-4-8-12;2-1-4-3;;;;/h1-2,5-6,11,13H,3-4,7-8H2,(H,16,17,18);1-2,5-6,9H,3-4,7-8H2;1,3H;;;;/q;;;3*+1;-1/p-2. The molecule has 2 aliphatic heterocycles. The number of aliphatic hydroxyl groups is 1. The van der Waals surface area contributed by atoms with E-state index >= 15 is 0 Å². The van der Waals surface area contributed by atoms with Gasteiger partial charge in [0.05, 0.1) is 9.79 Å². The van der Waals surface area contributed by atoms with Gasteiger partial charge in [-0.1, -0.05) is 36.4 Å². The minimum atomic E-state index is -5.04. The maximum atomic E-state index is 12.4. The van der Waals surface area contributed by atoms with Gasteiger partial charge in [0.25, 0.3) is 6.47 Å². The Labute approximate surface area is 360 Å². The molecule has 2 aromatic rings. The molecule has 2 fully saturated rings. The molecule has 20 heteroatoms. The van der Waals surface area contributed by atoms with Crippen molar-refractivity contribution in [1.29, 1.82) is 0 Å². The largest absolute Gasteiger partial charge is 1.00 e. The average Bonchev–Trinajstić information content (AvgIpc) is 3.68. The second kappa shape index (κ2) is 22.2. The van der Waals surface area contributed by atoms with Crippen LogP contribution < -0.4 is 138 Å². The molecule has 2 aromatic carbocycles. The van der Waals surface area contributed by atoms with Crippen LogP contribution in [0.1, 0.15) is 48.5 Å². The molecule has 4 rings (SSSR count). The van der Waals surface area contributed by atoms with Crippen molar-refractivity contribution in [3.8, 4) is 0 Å². The molecule has 0 radical (unpaired) electrons. The van der Waals surface area contributed by atoms with Gasteiger partial charge in [-0.2, -0.15) is 8.61 Å². The fourth-order valence-electron chi connectivity index (χ4n) is 4.02. The molecule has 1 unspecified atom stereocenters. The van der Waals surface area contributed by atoms with Crippen molar-refractivity contribution < 1.29 is 188 Å². The van der Waals surface area contributed by atoms with Crippen LogP contribution in [0, 0.1) is 0 Å². The van der Waals surface area contributed by atoms with Crippen LogP contribution in [0.3, 0.4) is 0 Å². The van der Waals surface area contributed by atoms with Gasteiger partial charge in [-0.15, -0.1) is 0 Å². The summed E-state index contributed by atoms with van der Waals surface area (Å²) in [6, 6.07) is 11.4. The molecule has 0 amide bonds. The van der Waals surface area contributed by atoms with Gasteiger partial charge in [0.15, 0.2) is 11.7 Å². The van der Waals surface area contributed by atoms with Crippen molar-refractivity contribution in [3.63, 3.8) is 0 Å². The Bertz CT molecular complexity index is 1490. The smallest absolute Gasteiger partial charge is 1.00 e. The van der Waals surface area contributed by atoms with E-state index in [-0.39, 0.29) is 156 Å². The summed E-state index contributed by atoms with van der Waals surface area (Å²) < 4.78 is 84.6. The maximum Gasteiger partial charge on any atom is 1.00 e. The van der Waals surface area contributed by atoms with Crippen LogP contribution in [0.25, 0.3) is 0 Å². The predicted octanol–water partition coefficient (Wildman–Crippen LogP) is -9.15. The first-order valence-corrected chi connectivity index (χ1v) is 16.2. The molecule has 43 heavy (non-hydrogen) atoms. The number of benzene rings is 2. The second-order valence-corrected chi connectivity index (χ2v) is 13.7. The quantitative estimate of drug-likeness (QED) is 0.0884. The van der Waals surface area contributed by atoms with Crippen molar-refractivity contribution in [2.75, 3.05) is 26.2 Å². The Kier molecular flexibility index (Phi) is 24.1. The number of hydrogen-bond donors (Lipinski definition) is 1. The van der Waals surface area contributed by atoms with E-state index in [0.717, 1.165) is 31.7 Å². The molecule has 0 aromatic heterocycles. The van der Waals surface area contributed by atoms with Crippen molar-refractivity contribution in [2.45, 2.75) is 40.9 Å². The summed E-state index contributed by atoms with van der Waals surface area (Å²) >= 11 is 0. The number of sulfonamides is 2. The van der Waals surface area contributed by atoms with Crippen LogP contribution in [0.15, 0.2) is 58.3 Å². The number of carbonyl (C=O) groups excluding carboxylic acids is 2. The molecule has 224 valence electrons. The minimum Gasteiger partial charge on any atom is -1.00 e. The number of rotatable bonds is 8.